The molecule has 1 N–H and O–H groups in total. The summed E-state index contributed by atoms with van der Waals surface area (Å²) in [5, 5.41) is 4.16. The molecular weight excluding hydrogens is 416 g/mol. The molecular formula is C25H28N6O2. The predicted molar refractivity (Wildman–Crippen MR) is 126 cm³/mol. The van der Waals surface area contributed by atoms with Gasteiger partial charge in [-0.25, -0.2) is 9.97 Å². The fourth-order valence-corrected chi connectivity index (χ4v) is 4.95. The van der Waals surface area contributed by atoms with Crippen molar-refractivity contribution in [2.75, 3.05) is 25.5 Å². The Bertz CT molecular complexity index is 1220. The number of hydrogen-bond donors (Lipinski definition) is 1. The van der Waals surface area contributed by atoms with Crippen molar-refractivity contribution >= 4 is 28.5 Å². The van der Waals surface area contributed by atoms with Gasteiger partial charge in [-0.2, -0.15) is 0 Å². The number of fused-ring (bicyclic) bond motifs is 2. The van der Waals surface area contributed by atoms with Crippen molar-refractivity contribution in [1.82, 2.24) is 24.8 Å². The van der Waals surface area contributed by atoms with E-state index >= 15 is 0 Å². The molecule has 1 fully saturated rings. The van der Waals surface area contributed by atoms with Crippen LogP contribution in [0.25, 0.3) is 10.9 Å². The van der Waals surface area contributed by atoms with Crippen LogP contribution in [0.4, 0.5) is 5.82 Å². The first-order chi connectivity index (χ1) is 16.1. The topological polar surface area (TPSA) is 91.3 Å². The number of likely N-dealkylation sites (tertiary alicyclic amines) is 1. The van der Waals surface area contributed by atoms with Crippen LogP contribution in [0.3, 0.4) is 0 Å². The van der Waals surface area contributed by atoms with Crippen molar-refractivity contribution in [2.45, 2.75) is 45.2 Å². The number of piperidine rings is 1. The highest BCUT2D eigenvalue weighted by Gasteiger charge is 2.33. The Morgan fingerprint density at radius 3 is 2.76 bits per heavy atom. The largest absolute Gasteiger partial charge is 0.373 e. The van der Waals surface area contributed by atoms with Crippen LogP contribution >= 0.6 is 0 Å². The number of hydrogen-bond acceptors (Lipinski definition) is 6. The monoisotopic (exact) mass is 444 g/mol. The summed E-state index contributed by atoms with van der Waals surface area (Å²) in [6.45, 7) is 3.39. The second-order valence-corrected chi connectivity index (χ2v) is 8.69. The molecule has 1 aromatic carbocycles. The molecule has 170 valence electrons. The number of anilines is 1. The van der Waals surface area contributed by atoms with Crippen molar-refractivity contribution in [3.8, 4) is 0 Å². The Morgan fingerprint density at radius 1 is 1.09 bits per heavy atom. The first-order valence-electron chi connectivity index (χ1n) is 11.5. The van der Waals surface area contributed by atoms with Crippen molar-refractivity contribution in [1.29, 1.82) is 0 Å². The van der Waals surface area contributed by atoms with E-state index in [1.54, 1.807) is 13.1 Å². The van der Waals surface area contributed by atoms with Crippen LogP contribution in [0.15, 0.2) is 36.5 Å². The molecule has 2 aromatic heterocycles. The van der Waals surface area contributed by atoms with Gasteiger partial charge in [-0.3, -0.25) is 14.6 Å². The van der Waals surface area contributed by atoms with Crippen molar-refractivity contribution in [2.24, 2.45) is 0 Å². The Balaban J connectivity index is 1.53. The van der Waals surface area contributed by atoms with Crippen molar-refractivity contribution in [3.05, 3.63) is 59.2 Å². The SMILES string of the molecule is CNc1nc([C@@H]2CCCCN2C(=O)c2cccc3cccnc23)nc2c1CCN(C(C)=O)C2. The van der Waals surface area contributed by atoms with Gasteiger partial charge in [-0.1, -0.05) is 18.2 Å². The van der Waals surface area contributed by atoms with E-state index in [1.807, 2.05) is 47.2 Å². The highest BCUT2D eigenvalue weighted by molar-refractivity contribution is 6.05. The number of rotatable bonds is 3. The van der Waals surface area contributed by atoms with Gasteiger partial charge in [-0.15, -0.1) is 0 Å². The van der Waals surface area contributed by atoms with E-state index in [1.165, 1.54) is 0 Å². The summed E-state index contributed by atoms with van der Waals surface area (Å²) in [5.41, 5.74) is 3.25. The molecule has 2 aliphatic heterocycles. The summed E-state index contributed by atoms with van der Waals surface area (Å²) >= 11 is 0. The average Bonchev–Trinajstić information content (AvgIpc) is 2.86. The lowest BCUT2D eigenvalue weighted by Gasteiger charge is -2.36. The number of carbonyl (C=O) groups is 2. The van der Waals surface area contributed by atoms with E-state index in [-0.39, 0.29) is 17.9 Å². The van der Waals surface area contributed by atoms with E-state index in [4.69, 9.17) is 9.97 Å². The van der Waals surface area contributed by atoms with E-state index in [0.717, 1.165) is 48.1 Å². The Hall–Kier alpha value is -3.55. The Kier molecular flexibility index (Phi) is 5.66. The molecule has 3 aromatic rings. The van der Waals surface area contributed by atoms with Gasteiger partial charge in [0.05, 0.1) is 29.4 Å². The van der Waals surface area contributed by atoms with Crippen LogP contribution in [0.1, 0.15) is 59.7 Å². The minimum atomic E-state index is -0.213. The predicted octanol–water partition coefficient (Wildman–Crippen LogP) is 3.34. The maximum Gasteiger partial charge on any atom is 0.256 e. The van der Waals surface area contributed by atoms with Gasteiger partial charge in [0.1, 0.15) is 5.82 Å². The van der Waals surface area contributed by atoms with Crippen molar-refractivity contribution in [3.63, 3.8) is 0 Å². The average molecular weight is 445 g/mol. The first-order valence-corrected chi connectivity index (χ1v) is 11.5. The van der Waals surface area contributed by atoms with Gasteiger partial charge in [0.15, 0.2) is 5.82 Å². The van der Waals surface area contributed by atoms with Crippen LogP contribution in [0.2, 0.25) is 0 Å². The van der Waals surface area contributed by atoms with Crippen LogP contribution in [-0.4, -0.2) is 56.7 Å². The van der Waals surface area contributed by atoms with E-state index in [2.05, 4.69) is 10.3 Å². The van der Waals surface area contributed by atoms with Gasteiger partial charge in [0.2, 0.25) is 5.91 Å². The third-order valence-corrected chi connectivity index (χ3v) is 6.69. The number of benzene rings is 1. The molecule has 0 saturated carbocycles. The summed E-state index contributed by atoms with van der Waals surface area (Å²) in [4.78, 5) is 43.7. The second-order valence-electron chi connectivity index (χ2n) is 8.69. The quantitative estimate of drug-likeness (QED) is 0.666. The summed E-state index contributed by atoms with van der Waals surface area (Å²) in [6, 6.07) is 9.36. The maximum atomic E-state index is 13.7. The minimum absolute atomic E-state index is 0.0401. The molecule has 0 spiro atoms. The van der Waals surface area contributed by atoms with E-state index < -0.39 is 0 Å². The molecule has 0 aliphatic carbocycles. The lowest BCUT2D eigenvalue weighted by molar-refractivity contribution is -0.129. The number of carbonyl (C=O) groups excluding carboxylic acids is 2. The Morgan fingerprint density at radius 2 is 1.94 bits per heavy atom. The normalized spacial score (nSPS) is 18.2. The lowest BCUT2D eigenvalue weighted by Crippen LogP contribution is -2.40. The molecule has 8 heteroatoms. The zero-order valence-electron chi connectivity index (χ0n) is 19.0. The van der Waals surface area contributed by atoms with Gasteiger partial charge in [0, 0.05) is 44.2 Å². The van der Waals surface area contributed by atoms with E-state index in [0.29, 0.717) is 36.5 Å². The van der Waals surface area contributed by atoms with Crippen LogP contribution in [0.5, 0.6) is 0 Å². The zero-order chi connectivity index (χ0) is 22.9. The number of pyridine rings is 1. The molecule has 1 atom stereocenters. The summed E-state index contributed by atoms with van der Waals surface area (Å²) in [7, 11) is 1.86. The summed E-state index contributed by atoms with van der Waals surface area (Å²) in [6.07, 6.45) is 5.21. The number of aromatic nitrogens is 3. The third-order valence-electron chi connectivity index (χ3n) is 6.69. The molecule has 5 rings (SSSR count). The molecule has 4 heterocycles. The molecule has 8 nitrogen and oxygen atoms in total. The molecule has 0 unspecified atom stereocenters. The molecule has 33 heavy (non-hydrogen) atoms. The summed E-state index contributed by atoms with van der Waals surface area (Å²) in [5.74, 6) is 1.44. The minimum Gasteiger partial charge on any atom is -0.373 e. The molecule has 2 aliphatic rings. The number of para-hydroxylation sites is 1. The van der Waals surface area contributed by atoms with Crippen LogP contribution in [-0.2, 0) is 17.8 Å². The van der Waals surface area contributed by atoms with Gasteiger partial charge in [-0.05, 0) is 37.8 Å². The fraction of sp³-hybridized carbons (Fsp3) is 0.400. The maximum absolute atomic E-state index is 13.7. The molecule has 0 bridgehead atoms. The fourth-order valence-electron chi connectivity index (χ4n) is 4.95. The Labute approximate surface area is 193 Å². The van der Waals surface area contributed by atoms with Crippen LogP contribution < -0.4 is 5.32 Å². The molecule has 1 saturated heterocycles. The highest BCUT2D eigenvalue weighted by Crippen LogP contribution is 2.34. The van der Waals surface area contributed by atoms with E-state index in [9.17, 15) is 9.59 Å². The third kappa shape index (κ3) is 3.90. The van der Waals surface area contributed by atoms with Crippen LogP contribution in [0, 0.1) is 0 Å². The number of nitrogens with zero attached hydrogens (tertiary/aromatic N) is 5. The van der Waals surface area contributed by atoms with Gasteiger partial charge in [0.25, 0.3) is 5.91 Å². The first kappa shape index (κ1) is 21.3. The summed E-state index contributed by atoms with van der Waals surface area (Å²) < 4.78 is 0. The number of amides is 2. The highest BCUT2D eigenvalue weighted by atomic mass is 16.2. The standard InChI is InChI=1S/C25H28N6O2/c1-16(32)30-14-11-18-20(15-30)28-24(29-23(18)26-2)21-10-3-4-13-31(21)25(33)19-9-5-7-17-8-6-12-27-22(17)19/h5-9,12,21H,3-4,10-11,13-15H2,1-2H3,(H,26,28,29)/t21-/m0/s1. The smallest absolute Gasteiger partial charge is 0.256 e. The molecule has 2 amide bonds. The zero-order valence-corrected chi connectivity index (χ0v) is 19.0. The van der Waals surface area contributed by atoms with Crippen molar-refractivity contribution < 1.29 is 9.59 Å². The van der Waals surface area contributed by atoms with Gasteiger partial charge < -0.3 is 15.1 Å². The second kappa shape index (κ2) is 8.77. The lowest BCUT2D eigenvalue weighted by atomic mass is 9.98. The molecule has 0 radical (unpaired) electrons. The number of nitrogens with one attached hydrogen (secondary N) is 1. The van der Waals surface area contributed by atoms with Gasteiger partial charge >= 0.3 is 0 Å².